The maximum atomic E-state index is 6.27. The SMILES string of the molecule is Nc1nc(N2CCCN3CCCC3C2)c(Cl)cc1Cl. The van der Waals surface area contributed by atoms with Crippen LogP contribution in [-0.4, -0.2) is 42.1 Å². The highest BCUT2D eigenvalue weighted by Gasteiger charge is 2.30. The minimum Gasteiger partial charge on any atom is -0.382 e. The molecule has 0 aromatic carbocycles. The molecule has 3 heterocycles. The van der Waals surface area contributed by atoms with E-state index >= 15 is 0 Å². The molecule has 19 heavy (non-hydrogen) atoms. The fourth-order valence-corrected chi connectivity index (χ4v) is 3.57. The second-order valence-electron chi connectivity index (χ2n) is 5.29. The highest BCUT2D eigenvalue weighted by Crippen LogP contribution is 2.32. The van der Waals surface area contributed by atoms with E-state index in [0.29, 0.717) is 21.9 Å². The quantitative estimate of drug-likeness (QED) is 0.866. The van der Waals surface area contributed by atoms with Crippen molar-refractivity contribution in [2.75, 3.05) is 36.8 Å². The summed E-state index contributed by atoms with van der Waals surface area (Å²) >= 11 is 12.2. The van der Waals surface area contributed by atoms with Gasteiger partial charge < -0.3 is 10.6 Å². The largest absolute Gasteiger partial charge is 0.382 e. The van der Waals surface area contributed by atoms with Crippen LogP contribution in [-0.2, 0) is 0 Å². The molecule has 2 fully saturated rings. The van der Waals surface area contributed by atoms with Gasteiger partial charge in [0.25, 0.3) is 0 Å². The van der Waals surface area contributed by atoms with Gasteiger partial charge in [0.05, 0.1) is 10.0 Å². The number of nitrogens with zero attached hydrogens (tertiary/aromatic N) is 3. The van der Waals surface area contributed by atoms with Crippen LogP contribution in [0.3, 0.4) is 0 Å². The monoisotopic (exact) mass is 300 g/mol. The molecule has 2 aliphatic heterocycles. The molecule has 0 aliphatic carbocycles. The lowest BCUT2D eigenvalue weighted by Crippen LogP contribution is -2.37. The lowest BCUT2D eigenvalue weighted by molar-refractivity contribution is 0.273. The third kappa shape index (κ3) is 2.62. The Morgan fingerprint density at radius 3 is 2.79 bits per heavy atom. The van der Waals surface area contributed by atoms with E-state index < -0.39 is 0 Å². The van der Waals surface area contributed by atoms with Crippen molar-refractivity contribution in [2.45, 2.75) is 25.3 Å². The van der Waals surface area contributed by atoms with Crippen LogP contribution < -0.4 is 10.6 Å². The predicted molar refractivity (Wildman–Crippen MR) is 80.1 cm³/mol. The van der Waals surface area contributed by atoms with Gasteiger partial charge in [0.1, 0.15) is 11.6 Å². The number of hydrogen-bond acceptors (Lipinski definition) is 4. The van der Waals surface area contributed by atoms with Gasteiger partial charge in [-0.05, 0) is 31.9 Å². The van der Waals surface area contributed by atoms with E-state index in [-0.39, 0.29) is 0 Å². The predicted octanol–water partition coefficient (Wildman–Crippen LogP) is 2.65. The lowest BCUT2D eigenvalue weighted by Gasteiger charge is -2.27. The number of nitrogens with two attached hydrogens (primary N) is 1. The van der Waals surface area contributed by atoms with Crippen molar-refractivity contribution >= 4 is 34.8 Å². The number of nitrogen functional groups attached to an aromatic ring is 1. The molecule has 0 amide bonds. The first-order chi connectivity index (χ1) is 9.15. The van der Waals surface area contributed by atoms with Crippen molar-refractivity contribution in [3.63, 3.8) is 0 Å². The Morgan fingerprint density at radius 1 is 1.16 bits per heavy atom. The Bertz CT molecular complexity index is 480. The summed E-state index contributed by atoms with van der Waals surface area (Å²) in [5, 5.41) is 1.01. The number of anilines is 2. The molecule has 104 valence electrons. The standard InChI is InChI=1S/C13H18Cl2N4/c14-10-7-11(15)13(17-12(10)16)19-6-2-5-18-4-1-3-9(18)8-19/h7,9H,1-6,8H2,(H2,16,17). The maximum absolute atomic E-state index is 6.27. The maximum Gasteiger partial charge on any atom is 0.149 e. The van der Waals surface area contributed by atoms with E-state index in [1.807, 2.05) is 0 Å². The highest BCUT2D eigenvalue weighted by molar-refractivity contribution is 6.37. The van der Waals surface area contributed by atoms with Crippen molar-refractivity contribution < 1.29 is 0 Å². The summed E-state index contributed by atoms with van der Waals surface area (Å²) in [4.78, 5) is 9.20. The van der Waals surface area contributed by atoms with Crippen LogP contribution in [0.2, 0.25) is 10.0 Å². The van der Waals surface area contributed by atoms with Gasteiger partial charge in [-0.1, -0.05) is 23.2 Å². The van der Waals surface area contributed by atoms with E-state index in [1.54, 1.807) is 6.07 Å². The zero-order chi connectivity index (χ0) is 13.4. The van der Waals surface area contributed by atoms with Gasteiger partial charge in [-0.25, -0.2) is 4.98 Å². The number of fused-ring (bicyclic) bond motifs is 1. The first kappa shape index (κ1) is 13.3. The van der Waals surface area contributed by atoms with Crippen LogP contribution in [0, 0.1) is 0 Å². The molecule has 0 bridgehead atoms. The van der Waals surface area contributed by atoms with Crippen molar-refractivity contribution in [1.82, 2.24) is 9.88 Å². The molecule has 1 aromatic heterocycles. The number of aromatic nitrogens is 1. The van der Waals surface area contributed by atoms with Crippen molar-refractivity contribution in [1.29, 1.82) is 0 Å². The topological polar surface area (TPSA) is 45.4 Å². The van der Waals surface area contributed by atoms with E-state index in [2.05, 4.69) is 14.8 Å². The summed E-state index contributed by atoms with van der Waals surface area (Å²) < 4.78 is 0. The van der Waals surface area contributed by atoms with Crippen LogP contribution >= 0.6 is 23.2 Å². The van der Waals surface area contributed by atoms with Gasteiger partial charge in [0.2, 0.25) is 0 Å². The van der Waals surface area contributed by atoms with Crippen LogP contribution in [0.25, 0.3) is 0 Å². The molecule has 2 aliphatic rings. The molecule has 0 spiro atoms. The molecule has 0 saturated carbocycles. The average Bonchev–Trinajstić information content (AvgIpc) is 2.71. The van der Waals surface area contributed by atoms with Crippen LogP contribution in [0.4, 0.5) is 11.6 Å². The van der Waals surface area contributed by atoms with E-state index in [9.17, 15) is 0 Å². The van der Waals surface area contributed by atoms with Gasteiger partial charge in [0.15, 0.2) is 0 Å². The molecule has 4 nitrogen and oxygen atoms in total. The first-order valence-electron chi connectivity index (χ1n) is 6.75. The van der Waals surface area contributed by atoms with Crippen LogP contribution in [0.1, 0.15) is 19.3 Å². The summed E-state index contributed by atoms with van der Waals surface area (Å²) in [6, 6.07) is 2.32. The molecule has 2 saturated heterocycles. The fourth-order valence-electron chi connectivity index (χ4n) is 3.09. The normalized spacial score (nSPS) is 24.3. The van der Waals surface area contributed by atoms with Crippen LogP contribution in [0.15, 0.2) is 6.07 Å². The second-order valence-corrected chi connectivity index (χ2v) is 6.11. The van der Waals surface area contributed by atoms with E-state index in [0.717, 1.165) is 25.3 Å². The summed E-state index contributed by atoms with van der Waals surface area (Å²) in [6.07, 6.45) is 3.69. The number of pyridine rings is 1. The zero-order valence-electron chi connectivity index (χ0n) is 10.8. The van der Waals surface area contributed by atoms with Crippen LogP contribution in [0.5, 0.6) is 0 Å². The van der Waals surface area contributed by atoms with Crippen molar-refractivity contribution in [3.05, 3.63) is 16.1 Å². The van der Waals surface area contributed by atoms with Crippen molar-refractivity contribution in [2.24, 2.45) is 0 Å². The van der Waals surface area contributed by atoms with E-state index in [1.165, 1.54) is 25.9 Å². The number of halogens is 2. The highest BCUT2D eigenvalue weighted by atomic mass is 35.5. The lowest BCUT2D eigenvalue weighted by atomic mass is 10.2. The van der Waals surface area contributed by atoms with Gasteiger partial charge in [-0.15, -0.1) is 0 Å². The third-order valence-electron chi connectivity index (χ3n) is 4.04. The number of hydrogen-bond donors (Lipinski definition) is 1. The molecule has 2 N–H and O–H groups in total. The molecule has 1 atom stereocenters. The Balaban J connectivity index is 1.86. The summed E-state index contributed by atoms with van der Waals surface area (Å²) in [5.41, 5.74) is 5.80. The van der Waals surface area contributed by atoms with Crippen molar-refractivity contribution in [3.8, 4) is 0 Å². The third-order valence-corrected chi connectivity index (χ3v) is 4.62. The smallest absolute Gasteiger partial charge is 0.149 e. The van der Waals surface area contributed by atoms with Gasteiger partial charge in [0, 0.05) is 25.7 Å². The zero-order valence-corrected chi connectivity index (χ0v) is 12.3. The minimum absolute atomic E-state index is 0.355. The Morgan fingerprint density at radius 2 is 1.95 bits per heavy atom. The molecule has 6 heteroatoms. The van der Waals surface area contributed by atoms with Gasteiger partial charge >= 0.3 is 0 Å². The Hall–Kier alpha value is -0.710. The first-order valence-corrected chi connectivity index (χ1v) is 7.51. The summed E-state index contributed by atoms with van der Waals surface area (Å²) in [5.74, 6) is 1.13. The van der Waals surface area contributed by atoms with Gasteiger partial charge in [-0.3, -0.25) is 4.90 Å². The minimum atomic E-state index is 0.355. The average molecular weight is 301 g/mol. The number of rotatable bonds is 1. The van der Waals surface area contributed by atoms with Gasteiger partial charge in [-0.2, -0.15) is 0 Å². The Kier molecular flexibility index (Phi) is 3.74. The van der Waals surface area contributed by atoms with E-state index in [4.69, 9.17) is 28.9 Å². The molecule has 3 rings (SSSR count). The molecule has 1 unspecified atom stereocenters. The Labute approximate surface area is 123 Å². The molecular weight excluding hydrogens is 283 g/mol. The molecular formula is C13H18Cl2N4. The fraction of sp³-hybridized carbons (Fsp3) is 0.615. The second kappa shape index (κ2) is 5.35. The summed E-state index contributed by atoms with van der Waals surface area (Å²) in [6.45, 7) is 4.35. The summed E-state index contributed by atoms with van der Waals surface area (Å²) in [7, 11) is 0. The molecule has 0 radical (unpaired) electrons. The molecule has 1 aromatic rings.